The van der Waals surface area contributed by atoms with Gasteiger partial charge in [-0.2, -0.15) is 0 Å². The molecule has 0 fully saturated rings. The van der Waals surface area contributed by atoms with Gasteiger partial charge in [-0.3, -0.25) is 14.5 Å². The lowest BCUT2D eigenvalue weighted by molar-refractivity contribution is -0.138. The Bertz CT molecular complexity index is 1440. The van der Waals surface area contributed by atoms with E-state index in [0.29, 0.717) is 29.1 Å². The van der Waals surface area contributed by atoms with Gasteiger partial charge in [0.25, 0.3) is 0 Å². The Balaban J connectivity index is 1.94. The average molecular weight is 510 g/mol. The predicted molar refractivity (Wildman–Crippen MR) is 134 cm³/mol. The Morgan fingerprint density at radius 1 is 1.17 bits per heavy atom. The summed E-state index contributed by atoms with van der Waals surface area (Å²) in [5.74, 6) is -2.39. The lowest BCUT2D eigenvalue weighted by Crippen LogP contribution is -2.54. The number of nitrogens with two attached hydrogens (primary N) is 1. The number of aryl methyl sites for hydroxylation is 1. The quantitative estimate of drug-likeness (QED) is 0.579. The number of anilines is 2. The first kappa shape index (κ1) is 24.1. The number of Topliss-reactive ketones (excluding diaryl/α,β-unsaturated/α-hetero) is 1. The van der Waals surface area contributed by atoms with Crippen LogP contribution in [0.2, 0.25) is 5.02 Å². The summed E-state index contributed by atoms with van der Waals surface area (Å²) in [5.41, 5.74) is 7.07. The summed E-state index contributed by atoms with van der Waals surface area (Å²) >= 11 is 6.10. The van der Waals surface area contributed by atoms with Crippen LogP contribution in [0.25, 0.3) is 0 Å². The fourth-order valence-corrected chi connectivity index (χ4v) is 5.84. The van der Waals surface area contributed by atoms with E-state index in [1.54, 1.807) is 12.1 Å². The van der Waals surface area contributed by atoms with Crippen LogP contribution in [0.5, 0.6) is 0 Å². The fraction of sp³-hybridized carbons (Fsp3) is 0.296. The van der Waals surface area contributed by atoms with Crippen molar-refractivity contribution in [2.75, 3.05) is 17.3 Å². The number of carbonyl (C=O) groups excluding carboxylic acids is 3. The summed E-state index contributed by atoms with van der Waals surface area (Å²) in [4.78, 5) is 42.8. The van der Waals surface area contributed by atoms with Gasteiger partial charge in [0.2, 0.25) is 5.91 Å². The van der Waals surface area contributed by atoms with Crippen LogP contribution in [0.15, 0.2) is 59.1 Å². The van der Waals surface area contributed by atoms with E-state index in [0.717, 1.165) is 5.56 Å². The number of ketones is 1. The van der Waals surface area contributed by atoms with Crippen molar-refractivity contribution < 1.29 is 23.5 Å². The van der Waals surface area contributed by atoms with Crippen molar-refractivity contribution in [2.45, 2.75) is 39.0 Å². The summed E-state index contributed by atoms with van der Waals surface area (Å²) in [7, 11) is 1.19. The summed E-state index contributed by atoms with van der Waals surface area (Å²) < 4.78 is 19.2. The van der Waals surface area contributed by atoms with Crippen LogP contribution in [0.3, 0.4) is 0 Å². The number of nitrogens with one attached hydrogen (secondary N) is 1. The van der Waals surface area contributed by atoms with E-state index in [2.05, 4.69) is 5.32 Å². The zero-order chi connectivity index (χ0) is 26.2. The smallest absolute Gasteiger partial charge is 0.339 e. The molecule has 9 heteroatoms. The number of ether oxygens (including phenoxy) is 1. The van der Waals surface area contributed by atoms with Gasteiger partial charge in [-0.1, -0.05) is 43.1 Å². The van der Waals surface area contributed by atoms with Crippen LogP contribution < -0.4 is 16.0 Å². The summed E-state index contributed by atoms with van der Waals surface area (Å²) in [5, 5.41) is 2.70. The molecule has 1 aliphatic carbocycles. The highest BCUT2D eigenvalue weighted by atomic mass is 35.5. The molecule has 5 rings (SSSR count). The zero-order valence-corrected chi connectivity index (χ0v) is 21.0. The van der Waals surface area contributed by atoms with Gasteiger partial charge in [-0.15, -0.1) is 0 Å². The second-order valence-corrected chi connectivity index (χ2v) is 10.6. The molecule has 2 aromatic rings. The van der Waals surface area contributed by atoms with Gasteiger partial charge < -0.3 is 15.8 Å². The Kier molecular flexibility index (Phi) is 5.30. The van der Waals surface area contributed by atoms with Crippen LogP contribution in [0.1, 0.15) is 37.8 Å². The SMILES string of the molecule is COC(=O)C1=C(N)N(c2ccc(F)c(Cl)c2)C2=C(C(=O)CC(C)(C)C2)C12C(=O)Nc1ccc(C)cc12. The van der Waals surface area contributed by atoms with E-state index < -0.39 is 28.5 Å². The minimum absolute atomic E-state index is 0.0849. The van der Waals surface area contributed by atoms with E-state index >= 15 is 0 Å². The lowest BCUT2D eigenvalue weighted by atomic mass is 9.60. The van der Waals surface area contributed by atoms with Crippen LogP contribution in [-0.4, -0.2) is 24.8 Å². The molecule has 186 valence electrons. The third-order valence-electron chi connectivity index (χ3n) is 7.09. The molecule has 1 amide bonds. The average Bonchev–Trinajstić information content (AvgIpc) is 3.06. The lowest BCUT2D eigenvalue weighted by Gasteiger charge is -2.47. The molecule has 3 N–H and O–H groups in total. The molecular weight excluding hydrogens is 485 g/mol. The van der Waals surface area contributed by atoms with Crippen molar-refractivity contribution in [3.05, 3.63) is 81.0 Å². The van der Waals surface area contributed by atoms with Crippen molar-refractivity contribution in [3.63, 3.8) is 0 Å². The second-order valence-electron chi connectivity index (χ2n) is 10.2. The van der Waals surface area contributed by atoms with E-state index in [9.17, 15) is 18.8 Å². The molecule has 0 aromatic heterocycles. The first-order valence-corrected chi connectivity index (χ1v) is 11.8. The number of hydrogen-bond donors (Lipinski definition) is 2. The topological polar surface area (TPSA) is 102 Å². The maximum atomic E-state index is 14.0. The highest BCUT2D eigenvalue weighted by Crippen LogP contribution is 2.57. The Labute approximate surface area is 212 Å². The van der Waals surface area contributed by atoms with Crippen molar-refractivity contribution in [3.8, 4) is 0 Å². The van der Waals surface area contributed by atoms with Crippen LogP contribution in [0.4, 0.5) is 15.8 Å². The van der Waals surface area contributed by atoms with Gasteiger partial charge in [-0.05, 0) is 43.0 Å². The third-order valence-corrected chi connectivity index (χ3v) is 7.38. The molecule has 7 nitrogen and oxygen atoms in total. The standard InChI is InChI=1S/C27H25ClFN3O4/c1-13-5-8-18-15(9-13)27(25(35)31-18)21-19(11-26(2,3)12-20(21)33)32(23(30)22(27)24(34)36-4)14-6-7-17(29)16(28)10-14/h5-10H,11-12,30H2,1-4H3,(H,31,35). The molecule has 1 spiro atoms. The molecule has 0 saturated heterocycles. The monoisotopic (exact) mass is 509 g/mol. The van der Waals surface area contributed by atoms with Crippen LogP contribution >= 0.6 is 11.6 Å². The number of hydrogen-bond acceptors (Lipinski definition) is 6. The highest BCUT2D eigenvalue weighted by molar-refractivity contribution is 6.31. The number of benzene rings is 2. The maximum absolute atomic E-state index is 14.0. The van der Waals surface area contributed by atoms with Crippen molar-refractivity contribution in [1.82, 2.24) is 0 Å². The molecule has 2 heterocycles. The zero-order valence-electron chi connectivity index (χ0n) is 20.3. The number of halogens is 2. The number of amides is 1. The van der Waals surface area contributed by atoms with Gasteiger partial charge in [0.05, 0.1) is 12.1 Å². The molecule has 2 aliphatic heterocycles. The van der Waals surface area contributed by atoms with Crippen molar-refractivity contribution in [2.24, 2.45) is 11.1 Å². The van der Waals surface area contributed by atoms with E-state index in [1.165, 1.54) is 30.2 Å². The fourth-order valence-electron chi connectivity index (χ4n) is 5.67. The van der Waals surface area contributed by atoms with Gasteiger partial charge in [0.1, 0.15) is 22.6 Å². The van der Waals surface area contributed by atoms with E-state index in [1.807, 2.05) is 26.8 Å². The van der Waals surface area contributed by atoms with Crippen LogP contribution in [0, 0.1) is 18.2 Å². The summed E-state index contributed by atoms with van der Waals surface area (Å²) in [6.07, 6.45) is 0.531. The Morgan fingerprint density at radius 3 is 2.56 bits per heavy atom. The number of esters is 1. The Hall–Kier alpha value is -3.65. The van der Waals surface area contributed by atoms with Crippen molar-refractivity contribution in [1.29, 1.82) is 0 Å². The van der Waals surface area contributed by atoms with Gasteiger partial charge in [0.15, 0.2) is 5.78 Å². The normalized spacial score (nSPS) is 22.6. The van der Waals surface area contributed by atoms with Crippen molar-refractivity contribution >= 4 is 40.6 Å². The highest BCUT2D eigenvalue weighted by Gasteiger charge is 2.63. The van der Waals surface area contributed by atoms with Gasteiger partial charge in [0, 0.05) is 34.6 Å². The molecule has 1 atom stereocenters. The molecule has 36 heavy (non-hydrogen) atoms. The number of methoxy groups -OCH3 is 1. The summed E-state index contributed by atoms with van der Waals surface area (Å²) in [6, 6.07) is 9.38. The molecular formula is C27H25ClFN3O4. The summed E-state index contributed by atoms with van der Waals surface area (Å²) in [6.45, 7) is 5.75. The number of fused-ring (bicyclic) bond motifs is 3. The molecule has 0 saturated carbocycles. The molecule has 1 unspecified atom stereocenters. The minimum atomic E-state index is -1.79. The predicted octanol–water partition coefficient (Wildman–Crippen LogP) is 4.48. The second kappa shape index (κ2) is 7.93. The van der Waals surface area contributed by atoms with E-state index in [-0.39, 0.29) is 34.2 Å². The first-order chi connectivity index (χ1) is 16.9. The van der Waals surface area contributed by atoms with Gasteiger partial charge in [-0.25, -0.2) is 9.18 Å². The first-order valence-electron chi connectivity index (χ1n) is 11.5. The number of rotatable bonds is 2. The molecule has 0 radical (unpaired) electrons. The number of nitrogens with zero attached hydrogens (tertiary/aromatic N) is 1. The molecule has 3 aliphatic rings. The maximum Gasteiger partial charge on any atom is 0.339 e. The van der Waals surface area contributed by atoms with Crippen LogP contribution in [-0.2, 0) is 24.5 Å². The Morgan fingerprint density at radius 2 is 1.89 bits per heavy atom. The molecule has 2 aromatic carbocycles. The van der Waals surface area contributed by atoms with Gasteiger partial charge >= 0.3 is 5.97 Å². The third kappa shape index (κ3) is 3.20. The van der Waals surface area contributed by atoms with E-state index in [4.69, 9.17) is 22.1 Å². The molecule has 0 bridgehead atoms. The largest absolute Gasteiger partial charge is 0.466 e. The minimum Gasteiger partial charge on any atom is -0.466 e. The number of carbonyl (C=O) groups is 3. The number of allylic oxidation sites excluding steroid dienone is 1.